The second-order valence-corrected chi connectivity index (χ2v) is 9.82. The molecule has 30 heavy (non-hydrogen) atoms. The van der Waals surface area contributed by atoms with Crippen molar-refractivity contribution in [2.45, 2.75) is 110 Å². The van der Waals surface area contributed by atoms with Crippen molar-refractivity contribution < 1.29 is 47.3 Å². The molecule has 1 aromatic rings. The number of benzene rings is 1. The second-order valence-electron chi connectivity index (χ2n) is 8.29. The van der Waals surface area contributed by atoms with E-state index in [1.807, 2.05) is 6.92 Å². The zero-order valence-corrected chi connectivity index (χ0v) is 22.6. The molecule has 0 radical (unpaired) electrons. The van der Waals surface area contributed by atoms with Crippen LogP contribution in [0.1, 0.15) is 103 Å². The Kier molecular flexibility index (Phi) is 17.4. The summed E-state index contributed by atoms with van der Waals surface area (Å²) in [7, 11) is -4.20. The average Bonchev–Trinajstić information content (AvgIpc) is 2.65. The van der Waals surface area contributed by atoms with Crippen LogP contribution in [0.25, 0.3) is 0 Å². The first kappa shape index (κ1) is 29.9. The van der Waals surface area contributed by atoms with Gasteiger partial charge in [0, 0.05) is 5.75 Å². The van der Waals surface area contributed by atoms with Crippen molar-refractivity contribution in [2.24, 2.45) is 0 Å². The fraction of sp³-hybridized carbons (Fsp3) is 0.750. The Morgan fingerprint density at radius 1 is 0.833 bits per heavy atom. The van der Waals surface area contributed by atoms with Gasteiger partial charge < -0.3 is 9.29 Å². The number of hydrogen-bond donors (Lipinski definition) is 0. The third-order valence-corrected chi connectivity index (χ3v) is 6.01. The largest absolute Gasteiger partial charge is 1.00 e. The topological polar surface area (TPSA) is 66.4 Å². The van der Waals surface area contributed by atoms with Gasteiger partial charge in [0.1, 0.15) is 5.75 Å². The molecule has 6 heteroatoms. The van der Waals surface area contributed by atoms with Crippen LogP contribution in [0.3, 0.4) is 0 Å². The van der Waals surface area contributed by atoms with Gasteiger partial charge in [0.25, 0.3) is 0 Å². The molecular formula is C24H41NaO4S. The summed E-state index contributed by atoms with van der Waals surface area (Å²) < 4.78 is 38.6. The van der Waals surface area contributed by atoms with E-state index < -0.39 is 10.1 Å². The van der Waals surface area contributed by atoms with Gasteiger partial charge in [-0.05, 0) is 62.3 Å². The molecule has 1 aromatic carbocycles. The van der Waals surface area contributed by atoms with Gasteiger partial charge in [-0.1, -0.05) is 71.3 Å². The third kappa shape index (κ3) is 15.7. The van der Waals surface area contributed by atoms with Crippen LogP contribution in [-0.4, -0.2) is 24.8 Å². The number of unbranched alkanes of at least 4 members (excludes halogenated alkanes) is 8. The molecule has 0 saturated carbocycles. The van der Waals surface area contributed by atoms with E-state index in [2.05, 4.69) is 32.0 Å². The van der Waals surface area contributed by atoms with Gasteiger partial charge in [0.05, 0.1) is 16.2 Å². The molecule has 4 nitrogen and oxygen atoms in total. The Bertz CT molecular complexity index is 629. The molecule has 1 rings (SSSR count). The van der Waals surface area contributed by atoms with Crippen LogP contribution in [0.2, 0.25) is 0 Å². The van der Waals surface area contributed by atoms with Crippen LogP contribution in [0.5, 0.6) is 5.75 Å². The Morgan fingerprint density at radius 2 is 1.30 bits per heavy atom. The van der Waals surface area contributed by atoms with E-state index in [1.54, 1.807) is 0 Å². The molecular weight excluding hydrogens is 407 g/mol. The predicted molar refractivity (Wildman–Crippen MR) is 121 cm³/mol. The zero-order chi connectivity index (χ0) is 21.5. The van der Waals surface area contributed by atoms with Crippen LogP contribution >= 0.6 is 0 Å². The maximum atomic E-state index is 10.9. The van der Waals surface area contributed by atoms with Crippen molar-refractivity contribution in [3.63, 3.8) is 0 Å². The minimum absolute atomic E-state index is 0. The molecule has 0 saturated heterocycles. The van der Waals surface area contributed by atoms with E-state index in [0.29, 0.717) is 0 Å². The van der Waals surface area contributed by atoms with Crippen LogP contribution in [0.15, 0.2) is 18.2 Å². The summed E-state index contributed by atoms with van der Waals surface area (Å²) in [6, 6.07) is 6.48. The summed E-state index contributed by atoms with van der Waals surface area (Å²) in [6.45, 7) is 6.28. The molecule has 1 unspecified atom stereocenters. The standard InChI is InChI=1S/C24H42O4S.Na/c1-4-6-8-10-12-14-22-18-23(15-13-11-9-7-5-2)20-24(19-22)28-21(3)16-17-29(25,26)27;/h18-21H,4-17H2,1-3H3,(H,25,26,27);/q;+1/p-1. The average molecular weight is 449 g/mol. The van der Waals surface area contributed by atoms with Gasteiger partial charge >= 0.3 is 29.6 Å². The number of aryl methyl sites for hydroxylation is 2. The molecule has 0 aliphatic rings. The van der Waals surface area contributed by atoms with Gasteiger partial charge in [0.2, 0.25) is 0 Å². The van der Waals surface area contributed by atoms with E-state index in [9.17, 15) is 13.0 Å². The van der Waals surface area contributed by atoms with Crippen molar-refractivity contribution in [2.75, 3.05) is 5.75 Å². The number of hydrogen-bond acceptors (Lipinski definition) is 4. The summed E-state index contributed by atoms with van der Waals surface area (Å²) in [5.41, 5.74) is 2.59. The maximum Gasteiger partial charge on any atom is 1.00 e. The molecule has 0 bridgehead atoms. The quantitative estimate of drug-likeness (QED) is 0.208. The maximum absolute atomic E-state index is 10.9. The fourth-order valence-corrected chi connectivity index (χ4v) is 4.17. The van der Waals surface area contributed by atoms with Gasteiger partial charge in [-0.25, -0.2) is 8.42 Å². The summed E-state index contributed by atoms with van der Waals surface area (Å²) in [5, 5.41) is 0. The Hall–Kier alpha value is -0.0700. The van der Waals surface area contributed by atoms with Gasteiger partial charge in [0.15, 0.2) is 0 Å². The summed E-state index contributed by atoms with van der Waals surface area (Å²) in [5.74, 6) is 0.422. The van der Waals surface area contributed by atoms with E-state index in [4.69, 9.17) is 4.74 Å². The first-order chi connectivity index (χ1) is 13.8. The second kappa shape index (κ2) is 17.5. The van der Waals surface area contributed by atoms with Crippen molar-refractivity contribution in [1.29, 1.82) is 0 Å². The molecule has 0 heterocycles. The molecule has 0 fully saturated rings. The van der Waals surface area contributed by atoms with E-state index >= 15 is 0 Å². The molecule has 0 N–H and O–H groups in total. The molecule has 0 aliphatic carbocycles. The van der Waals surface area contributed by atoms with Crippen LogP contribution in [0, 0.1) is 0 Å². The normalized spacial score (nSPS) is 12.4. The summed E-state index contributed by atoms with van der Waals surface area (Å²) in [6.07, 6.45) is 14.6. The van der Waals surface area contributed by atoms with E-state index in [-0.39, 0.29) is 47.8 Å². The Labute approximate surface area is 207 Å². The van der Waals surface area contributed by atoms with E-state index in [0.717, 1.165) is 18.6 Å². The summed E-state index contributed by atoms with van der Waals surface area (Å²) in [4.78, 5) is 0. The zero-order valence-electron chi connectivity index (χ0n) is 19.8. The number of rotatable bonds is 17. The predicted octanol–water partition coefficient (Wildman–Crippen LogP) is 3.42. The molecule has 168 valence electrons. The molecule has 0 aliphatic heterocycles. The molecule has 0 spiro atoms. The van der Waals surface area contributed by atoms with E-state index in [1.165, 1.54) is 75.3 Å². The van der Waals surface area contributed by atoms with Crippen LogP contribution in [-0.2, 0) is 23.0 Å². The Morgan fingerprint density at radius 3 is 1.73 bits per heavy atom. The fourth-order valence-electron chi connectivity index (χ4n) is 3.55. The van der Waals surface area contributed by atoms with Crippen molar-refractivity contribution in [3.8, 4) is 5.75 Å². The van der Waals surface area contributed by atoms with Crippen molar-refractivity contribution in [3.05, 3.63) is 29.3 Å². The first-order valence-electron chi connectivity index (χ1n) is 11.6. The molecule has 1 atom stereocenters. The molecule has 0 aromatic heterocycles. The van der Waals surface area contributed by atoms with Crippen LogP contribution < -0.4 is 34.3 Å². The third-order valence-electron chi connectivity index (χ3n) is 5.28. The van der Waals surface area contributed by atoms with Crippen molar-refractivity contribution in [1.82, 2.24) is 0 Å². The van der Waals surface area contributed by atoms with Gasteiger partial charge in [-0.2, -0.15) is 0 Å². The Balaban J connectivity index is 0.00000841. The molecule has 0 amide bonds. The number of ether oxygens (including phenoxy) is 1. The van der Waals surface area contributed by atoms with Gasteiger partial charge in [-0.15, -0.1) is 0 Å². The minimum Gasteiger partial charge on any atom is -0.748 e. The monoisotopic (exact) mass is 448 g/mol. The van der Waals surface area contributed by atoms with Crippen LogP contribution in [0.4, 0.5) is 0 Å². The van der Waals surface area contributed by atoms with Gasteiger partial charge in [-0.3, -0.25) is 0 Å². The van der Waals surface area contributed by atoms with Crippen molar-refractivity contribution >= 4 is 10.1 Å². The first-order valence-corrected chi connectivity index (χ1v) is 13.1. The minimum atomic E-state index is -4.20. The SMILES string of the molecule is CCCCCCCc1cc(CCCCCCC)cc(OC(C)CCS(=O)(=O)[O-])c1.[Na+]. The smallest absolute Gasteiger partial charge is 0.748 e. The summed E-state index contributed by atoms with van der Waals surface area (Å²) >= 11 is 0.